The summed E-state index contributed by atoms with van der Waals surface area (Å²) in [6.07, 6.45) is 4.15. The number of hydrogen-bond donors (Lipinski definition) is 1. The van der Waals surface area contributed by atoms with E-state index in [1.165, 1.54) is 12.1 Å². The van der Waals surface area contributed by atoms with Crippen LogP contribution >= 0.6 is 0 Å². The van der Waals surface area contributed by atoms with Crippen molar-refractivity contribution in [3.8, 4) is 0 Å². The van der Waals surface area contributed by atoms with Crippen LogP contribution in [0.1, 0.15) is 31.2 Å². The summed E-state index contributed by atoms with van der Waals surface area (Å²) in [5.41, 5.74) is 0.814. The van der Waals surface area contributed by atoms with Crippen LogP contribution in [-0.4, -0.2) is 67.0 Å². The normalized spacial score (nSPS) is 19.6. The van der Waals surface area contributed by atoms with Crippen molar-refractivity contribution < 1.29 is 18.7 Å². The maximum atomic E-state index is 13.5. The Bertz CT molecular complexity index is 643. The number of nitrogens with zero attached hydrogens (tertiary/aromatic N) is 2. The summed E-state index contributed by atoms with van der Waals surface area (Å²) in [5.74, 6) is -0.515. The summed E-state index contributed by atoms with van der Waals surface area (Å²) >= 11 is 0. The zero-order valence-electron chi connectivity index (χ0n) is 15.7. The predicted molar refractivity (Wildman–Crippen MR) is 99.5 cm³/mol. The number of halogens is 1. The summed E-state index contributed by atoms with van der Waals surface area (Å²) < 4.78 is 19.2. The van der Waals surface area contributed by atoms with Gasteiger partial charge in [-0.1, -0.05) is 12.1 Å². The fraction of sp³-hybridized carbons (Fsp3) is 0.600. The highest BCUT2D eigenvalue weighted by Gasteiger charge is 2.22. The van der Waals surface area contributed by atoms with Gasteiger partial charge < -0.3 is 15.0 Å². The quantitative estimate of drug-likeness (QED) is 0.747. The van der Waals surface area contributed by atoms with Gasteiger partial charge in [0.1, 0.15) is 5.82 Å². The number of ether oxygens (including phenoxy) is 1. The van der Waals surface area contributed by atoms with Gasteiger partial charge >= 0.3 is 0 Å². The van der Waals surface area contributed by atoms with Gasteiger partial charge in [0, 0.05) is 32.8 Å². The van der Waals surface area contributed by atoms with Gasteiger partial charge in [-0.15, -0.1) is 0 Å². The van der Waals surface area contributed by atoms with Crippen molar-refractivity contribution >= 4 is 11.8 Å². The second-order valence-corrected chi connectivity index (χ2v) is 7.30. The van der Waals surface area contributed by atoms with E-state index in [9.17, 15) is 14.0 Å². The SMILES string of the molecule is O=C(CN(Cc1cccc(F)c1)C[C@H]1CCCO1)NCC(=O)N1CCCC1. The number of nitrogens with one attached hydrogen (secondary N) is 1. The van der Waals surface area contributed by atoms with Crippen LogP contribution in [0.4, 0.5) is 4.39 Å². The standard InChI is InChI=1S/C20H28FN3O3/c21-17-6-3-5-16(11-17)13-23(14-18-7-4-10-27-18)15-19(25)22-12-20(26)24-8-1-2-9-24/h3,5-6,11,18H,1-2,4,7-10,12-15H2,(H,22,25)/t18-/m1/s1. The molecule has 0 aromatic heterocycles. The summed E-state index contributed by atoms with van der Waals surface area (Å²) in [6, 6.07) is 6.41. The first-order chi connectivity index (χ1) is 13.1. The third-order valence-electron chi connectivity index (χ3n) is 5.04. The monoisotopic (exact) mass is 377 g/mol. The van der Waals surface area contributed by atoms with Crippen molar-refractivity contribution in [3.05, 3.63) is 35.6 Å². The number of rotatable bonds is 8. The molecule has 0 unspecified atom stereocenters. The molecule has 1 aromatic carbocycles. The Morgan fingerprint density at radius 1 is 1.26 bits per heavy atom. The zero-order valence-corrected chi connectivity index (χ0v) is 15.7. The van der Waals surface area contributed by atoms with Crippen molar-refractivity contribution in [1.29, 1.82) is 0 Å². The van der Waals surface area contributed by atoms with Crippen molar-refractivity contribution in [3.63, 3.8) is 0 Å². The number of carbonyl (C=O) groups is 2. The molecule has 0 saturated carbocycles. The number of amides is 2. The molecule has 1 aromatic rings. The molecule has 2 aliphatic heterocycles. The van der Waals surface area contributed by atoms with E-state index < -0.39 is 0 Å². The molecule has 2 saturated heterocycles. The van der Waals surface area contributed by atoms with E-state index in [1.807, 2.05) is 11.0 Å². The minimum absolute atomic E-state index is 0.0309. The van der Waals surface area contributed by atoms with Crippen LogP contribution in [0.5, 0.6) is 0 Å². The lowest BCUT2D eigenvalue weighted by molar-refractivity contribution is -0.132. The Morgan fingerprint density at radius 2 is 2.07 bits per heavy atom. The summed E-state index contributed by atoms with van der Waals surface area (Å²) in [7, 11) is 0. The number of likely N-dealkylation sites (tertiary alicyclic amines) is 1. The van der Waals surface area contributed by atoms with E-state index in [0.29, 0.717) is 13.1 Å². The zero-order chi connectivity index (χ0) is 19.1. The molecule has 0 spiro atoms. The predicted octanol–water partition coefficient (Wildman–Crippen LogP) is 1.55. The molecular formula is C20H28FN3O3. The summed E-state index contributed by atoms with van der Waals surface area (Å²) in [5, 5.41) is 2.73. The smallest absolute Gasteiger partial charge is 0.241 e. The number of benzene rings is 1. The molecule has 2 fully saturated rings. The minimum Gasteiger partial charge on any atom is -0.377 e. The van der Waals surface area contributed by atoms with Gasteiger partial charge in [0.15, 0.2) is 0 Å². The van der Waals surface area contributed by atoms with Crippen LogP contribution < -0.4 is 5.32 Å². The van der Waals surface area contributed by atoms with Crippen LogP contribution in [0.25, 0.3) is 0 Å². The van der Waals surface area contributed by atoms with Crippen molar-refractivity contribution in [2.45, 2.75) is 38.3 Å². The fourth-order valence-corrected chi connectivity index (χ4v) is 3.67. The van der Waals surface area contributed by atoms with E-state index in [4.69, 9.17) is 4.74 Å². The van der Waals surface area contributed by atoms with Gasteiger partial charge in [0.25, 0.3) is 0 Å². The first kappa shape index (κ1) is 19.8. The molecule has 0 bridgehead atoms. The highest BCUT2D eigenvalue weighted by molar-refractivity contribution is 5.85. The van der Waals surface area contributed by atoms with Crippen LogP contribution in [-0.2, 0) is 20.9 Å². The summed E-state index contributed by atoms with van der Waals surface area (Å²) in [6.45, 7) is 3.57. The highest BCUT2D eigenvalue weighted by Crippen LogP contribution is 2.15. The Morgan fingerprint density at radius 3 is 2.78 bits per heavy atom. The fourth-order valence-electron chi connectivity index (χ4n) is 3.67. The summed E-state index contributed by atoms with van der Waals surface area (Å²) in [4.78, 5) is 28.2. The number of hydrogen-bond acceptors (Lipinski definition) is 4. The average molecular weight is 377 g/mol. The molecule has 3 rings (SSSR count). The molecule has 2 heterocycles. The van der Waals surface area contributed by atoms with Crippen molar-refractivity contribution in [1.82, 2.24) is 15.1 Å². The van der Waals surface area contributed by atoms with Gasteiger partial charge in [-0.25, -0.2) is 4.39 Å². The van der Waals surface area contributed by atoms with Gasteiger partial charge in [-0.3, -0.25) is 14.5 Å². The largest absolute Gasteiger partial charge is 0.377 e. The molecule has 2 amide bonds. The van der Waals surface area contributed by atoms with Crippen LogP contribution in [0.15, 0.2) is 24.3 Å². The van der Waals surface area contributed by atoms with Crippen LogP contribution in [0.3, 0.4) is 0 Å². The Labute approximate surface area is 159 Å². The number of carbonyl (C=O) groups excluding carboxylic acids is 2. The molecule has 6 nitrogen and oxygen atoms in total. The van der Waals surface area contributed by atoms with Crippen molar-refractivity contribution in [2.24, 2.45) is 0 Å². The topological polar surface area (TPSA) is 61.9 Å². The molecule has 2 aliphatic rings. The molecule has 0 aliphatic carbocycles. The van der Waals surface area contributed by atoms with Gasteiger partial charge in [-0.05, 0) is 43.4 Å². The van der Waals surface area contributed by atoms with Gasteiger partial charge in [0.2, 0.25) is 11.8 Å². The van der Waals surface area contributed by atoms with E-state index >= 15 is 0 Å². The lowest BCUT2D eigenvalue weighted by Gasteiger charge is -2.25. The van der Waals surface area contributed by atoms with Gasteiger partial charge in [0.05, 0.1) is 19.2 Å². The first-order valence-corrected chi connectivity index (χ1v) is 9.73. The van der Waals surface area contributed by atoms with E-state index in [2.05, 4.69) is 5.32 Å². The maximum absolute atomic E-state index is 13.5. The third kappa shape index (κ3) is 6.29. The van der Waals surface area contributed by atoms with E-state index in [-0.39, 0.29) is 36.8 Å². The second kappa shape index (κ2) is 9.80. The lowest BCUT2D eigenvalue weighted by atomic mass is 10.1. The minimum atomic E-state index is -0.287. The molecule has 1 N–H and O–H groups in total. The molecule has 27 heavy (non-hydrogen) atoms. The Hall–Kier alpha value is -1.99. The van der Waals surface area contributed by atoms with Crippen LogP contribution in [0.2, 0.25) is 0 Å². The Balaban J connectivity index is 1.52. The molecular weight excluding hydrogens is 349 g/mol. The van der Waals surface area contributed by atoms with Crippen molar-refractivity contribution in [2.75, 3.05) is 39.3 Å². The van der Waals surface area contributed by atoms with E-state index in [1.54, 1.807) is 11.0 Å². The Kier molecular flexibility index (Phi) is 7.18. The second-order valence-electron chi connectivity index (χ2n) is 7.30. The van der Waals surface area contributed by atoms with E-state index in [0.717, 1.165) is 50.9 Å². The first-order valence-electron chi connectivity index (χ1n) is 9.73. The average Bonchev–Trinajstić information content (AvgIpc) is 3.33. The molecule has 1 atom stereocenters. The lowest BCUT2D eigenvalue weighted by Crippen LogP contribution is -2.44. The van der Waals surface area contributed by atoms with Crippen LogP contribution in [0, 0.1) is 5.82 Å². The molecule has 0 radical (unpaired) electrons. The molecule has 148 valence electrons. The molecule has 7 heteroatoms. The third-order valence-corrected chi connectivity index (χ3v) is 5.04. The van der Waals surface area contributed by atoms with Gasteiger partial charge in [-0.2, -0.15) is 0 Å². The maximum Gasteiger partial charge on any atom is 0.241 e. The highest BCUT2D eigenvalue weighted by atomic mass is 19.1.